The van der Waals surface area contributed by atoms with Crippen molar-refractivity contribution in [2.45, 2.75) is 19.1 Å². The third-order valence-corrected chi connectivity index (χ3v) is 6.97. The van der Waals surface area contributed by atoms with E-state index in [1.165, 1.54) is 5.56 Å². The van der Waals surface area contributed by atoms with Gasteiger partial charge in [0, 0.05) is 64.3 Å². The summed E-state index contributed by atoms with van der Waals surface area (Å²) < 4.78 is 7.75. The van der Waals surface area contributed by atoms with Crippen molar-refractivity contribution in [3.8, 4) is 0 Å². The first-order valence-electron chi connectivity index (χ1n) is 13.3. The van der Waals surface area contributed by atoms with Gasteiger partial charge in [0.1, 0.15) is 6.33 Å². The van der Waals surface area contributed by atoms with Crippen molar-refractivity contribution in [1.29, 1.82) is 0 Å². The van der Waals surface area contributed by atoms with Gasteiger partial charge in [0.2, 0.25) is 17.8 Å². The zero-order valence-electron chi connectivity index (χ0n) is 22.1. The SMILES string of the molecule is CN1CCO[C@@H](Cn2cc(Nc3ncnc(N4CCN(c5ncc(Cc6ccccc6)cn5)CC4)n3)cn2)C1. The fourth-order valence-corrected chi connectivity index (χ4v) is 4.88. The number of ether oxygens (including phenoxy) is 1. The predicted octanol–water partition coefficient (Wildman–Crippen LogP) is 1.85. The molecular weight excluding hydrogens is 494 g/mol. The summed E-state index contributed by atoms with van der Waals surface area (Å²) in [7, 11) is 2.11. The highest BCUT2D eigenvalue weighted by Gasteiger charge is 2.22. The lowest BCUT2D eigenvalue weighted by Crippen LogP contribution is -2.47. The van der Waals surface area contributed by atoms with Crippen LogP contribution in [0, 0.1) is 0 Å². The molecule has 2 aliphatic rings. The van der Waals surface area contributed by atoms with E-state index in [1.54, 1.807) is 12.5 Å². The Morgan fingerprint density at radius 2 is 1.64 bits per heavy atom. The van der Waals surface area contributed by atoms with Gasteiger partial charge in [-0.1, -0.05) is 30.3 Å². The van der Waals surface area contributed by atoms with E-state index < -0.39 is 0 Å². The van der Waals surface area contributed by atoms with Gasteiger partial charge in [-0.15, -0.1) is 0 Å². The number of likely N-dealkylation sites (N-methyl/N-ethyl adjacent to an activating group) is 1. The first kappa shape index (κ1) is 25.1. The van der Waals surface area contributed by atoms with Crippen LogP contribution in [0.25, 0.3) is 0 Å². The molecule has 0 bridgehead atoms. The predicted molar refractivity (Wildman–Crippen MR) is 148 cm³/mol. The molecule has 39 heavy (non-hydrogen) atoms. The quantitative estimate of drug-likeness (QED) is 0.362. The topological polar surface area (TPSA) is 113 Å². The maximum Gasteiger partial charge on any atom is 0.232 e. The number of piperazine rings is 1. The Balaban J connectivity index is 1.02. The molecule has 6 rings (SSSR count). The van der Waals surface area contributed by atoms with Crippen LogP contribution in [0.3, 0.4) is 0 Å². The average Bonchev–Trinajstić information content (AvgIpc) is 3.40. The third-order valence-electron chi connectivity index (χ3n) is 6.97. The second-order valence-corrected chi connectivity index (χ2v) is 9.97. The third kappa shape index (κ3) is 6.47. The summed E-state index contributed by atoms with van der Waals surface area (Å²) >= 11 is 0. The van der Waals surface area contributed by atoms with Crippen molar-refractivity contribution >= 4 is 23.5 Å². The molecule has 1 atom stereocenters. The van der Waals surface area contributed by atoms with Crippen molar-refractivity contribution in [2.24, 2.45) is 0 Å². The first-order chi connectivity index (χ1) is 19.2. The van der Waals surface area contributed by atoms with E-state index in [0.29, 0.717) is 18.4 Å². The van der Waals surface area contributed by atoms with E-state index in [-0.39, 0.29) is 6.10 Å². The fourth-order valence-electron chi connectivity index (χ4n) is 4.88. The minimum atomic E-state index is 0.136. The molecule has 1 aromatic carbocycles. The average molecular weight is 528 g/mol. The van der Waals surface area contributed by atoms with Crippen LogP contribution < -0.4 is 15.1 Å². The minimum absolute atomic E-state index is 0.136. The Bertz CT molecular complexity index is 1340. The zero-order valence-corrected chi connectivity index (χ0v) is 22.1. The molecule has 4 aromatic rings. The molecule has 0 saturated carbocycles. The number of nitrogens with one attached hydrogen (secondary N) is 1. The van der Waals surface area contributed by atoms with Gasteiger partial charge in [-0.05, 0) is 18.2 Å². The molecule has 2 saturated heterocycles. The number of nitrogens with zero attached hydrogens (tertiary/aromatic N) is 10. The van der Waals surface area contributed by atoms with E-state index in [4.69, 9.17) is 4.74 Å². The molecule has 2 aliphatic heterocycles. The summed E-state index contributed by atoms with van der Waals surface area (Å²) in [5.41, 5.74) is 3.19. The Morgan fingerprint density at radius 3 is 2.41 bits per heavy atom. The molecule has 2 fully saturated rings. The van der Waals surface area contributed by atoms with E-state index in [1.807, 2.05) is 29.3 Å². The molecule has 5 heterocycles. The van der Waals surface area contributed by atoms with E-state index in [2.05, 4.69) is 81.3 Å². The van der Waals surface area contributed by atoms with Crippen molar-refractivity contribution in [3.05, 3.63) is 72.6 Å². The molecule has 202 valence electrons. The summed E-state index contributed by atoms with van der Waals surface area (Å²) in [5, 5.41) is 7.72. The molecule has 0 radical (unpaired) electrons. The van der Waals surface area contributed by atoms with Crippen LogP contribution in [0.4, 0.5) is 23.5 Å². The summed E-state index contributed by atoms with van der Waals surface area (Å²) in [6.45, 7) is 6.45. The first-order valence-corrected chi connectivity index (χ1v) is 13.3. The van der Waals surface area contributed by atoms with Crippen molar-refractivity contribution in [1.82, 2.24) is 39.6 Å². The van der Waals surface area contributed by atoms with Crippen LogP contribution in [-0.2, 0) is 17.7 Å². The number of hydrogen-bond acceptors (Lipinski definition) is 11. The normalized spacial score (nSPS) is 18.3. The van der Waals surface area contributed by atoms with Gasteiger partial charge in [-0.25, -0.2) is 19.9 Å². The number of anilines is 4. The monoisotopic (exact) mass is 527 g/mol. The van der Waals surface area contributed by atoms with Gasteiger partial charge in [0.05, 0.1) is 31.1 Å². The highest BCUT2D eigenvalue weighted by molar-refractivity contribution is 5.51. The van der Waals surface area contributed by atoms with Crippen LogP contribution in [0.2, 0.25) is 0 Å². The Kier molecular flexibility index (Phi) is 7.54. The van der Waals surface area contributed by atoms with Crippen LogP contribution in [0.15, 0.2) is 61.4 Å². The second kappa shape index (κ2) is 11.7. The van der Waals surface area contributed by atoms with Crippen LogP contribution in [-0.4, -0.2) is 98.6 Å². The molecule has 0 spiro atoms. The van der Waals surface area contributed by atoms with Gasteiger partial charge in [0.15, 0.2) is 0 Å². The lowest BCUT2D eigenvalue weighted by atomic mass is 10.1. The maximum atomic E-state index is 5.85. The highest BCUT2D eigenvalue weighted by atomic mass is 16.5. The number of hydrogen-bond donors (Lipinski definition) is 1. The van der Waals surface area contributed by atoms with Gasteiger partial charge in [-0.2, -0.15) is 10.1 Å². The lowest BCUT2D eigenvalue weighted by Gasteiger charge is -2.34. The Labute approximate surface area is 227 Å². The second-order valence-electron chi connectivity index (χ2n) is 9.97. The van der Waals surface area contributed by atoms with Crippen molar-refractivity contribution in [2.75, 3.05) is 68.0 Å². The summed E-state index contributed by atoms with van der Waals surface area (Å²) in [6, 6.07) is 10.4. The molecule has 3 aromatic heterocycles. The van der Waals surface area contributed by atoms with E-state index in [0.717, 1.165) is 69.5 Å². The largest absolute Gasteiger partial charge is 0.374 e. The van der Waals surface area contributed by atoms with Crippen LogP contribution in [0.5, 0.6) is 0 Å². The van der Waals surface area contributed by atoms with Gasteiger partial charge in [0.25, 0.3) is 0 Å². The van der Waals surface area contributed by atoms with Gasteiger partial charge < -0.3 is 24.8 Å². The van der Waals surface area contributed by atoms with Crippen molar-refractivity contribution in [3.63, 3.8) is 0 Å². The molecule has 12 nitrogen and oxygen atoms in total. The lowest BCUT2D eigenvalue weighted by molar-refractivity contribution is -0.0290. The summed E-state index contributed by atoms with van der Waals surface area (Å²) in [4.78, 5) is 29.3. The maximum absolute atomic E-state index is 5.85. The molecule has 0 amide bonds. The molecule has 0 unspecified atom stereocenters. The van der Waals surface area contributed by atoms with E-state index >= 15 is 0 Å². The molecule has 0 aliphatic carbocycles. The molecule has 12 heteroatoms. The van der Waals surface area contributed by atoms with Gasteiger partial charge in [-0.3, -0.25) is 4.68 Å². The summed E-state index contributed by atoms with van der Waals surface area (Å²) in [6.07, 6.45) is 10.1. The Hall–Kier alpha value is -4.16. The van der Waals surface area contributed by atoms with Crippen LogP contribution in [0.1, 0.15) is 11.1 Å². The minimum Gasteiger partial charge on any atom is -0.374 e. The molecule has 1 N–H and O–H groups in total. The molecular formula is C27H33N11O. The standard InChI is InChI=1S/C27H33N11O/c1-35-11-12-39-24(18-35)19-38-17-23(16-32-38)33-25-30-20-31-27(34-25)37-9-7-36(8-10-37)26-28-14-22(15-29-26)13-21-5-3-2-4-6-21/h2-6,14-17,20,24H,7-13,18-19H2,1H3,(H,30,31,33,34)/t24-/m1/s1. The summed E-state index contributed by atoms with van der Waals surface area (Å²) in [5.74, 6) is 1.90. The highest BCUT2D eigenvalue weighted by Crippen LogP contribution is 2.18. The van der Waals surface area contributed by atoms with Gasteiger partial charge >= 0.3 is 0 Å². The smallest absolute Gasteiger partial charge is 0.232 e. The number of rotatable bonds is 8. The fraction of sp³-hybridized carbons (Fsp3) is 0.407. The number of aromatic nitrogens is 7. The number of benzene rings is 1. The van der Waals surface area contributed by atoms with Crippen molar-refractivity contribution < 1.29 is 4.74 Å². The number of morpholine rings is 1. The Morgan fingerprint density at radius 1 is 0.872 bits per heavy atom. The van der Waals surface area contributed by atoms with E-state index in [9.17, 15) is 0 Å². The van der Waals surface area contributed by atoms with Crippen LogP contribution >= 0.6 is 0 Å². The zero-order chi connectivity index (χ0) is 26.4.